The number of rotatable bonds is 1. The van der Waals surface area contributed by atoms with Crippen LogP contribution in [0.15, 0.2) is 18.2 Å². The normalized spacial score (nSPS) is 43.0. The summed E-state index contributed by atoms with van der Waals surface area (Å²) in [7, 11) is 0. The molecule has 5 rings (SSSR count). The average Bonchev–Trinajstić information content (AvgIpc) is 2.27. The molecule has 0 aromatic heterocycles. The molecule has 4 bridgehead atoms. The lowest BCUT2D eigenvalue weighted by atomic mass is 9.47. The van der Waals surface area contributed by atoms with Crippen molar-refractivity contribution in [2.75, 3.05) is 0 Å². The summed E-state index contributed by atoms with van der Waals surface area (Å²) in [4.78, 5) is 0. The van der Waals surface area contributed by atoms with Gasteiger partial charge in [0.15, 0.2) is 0 Å². The first-order chi connectivity index (χ1) is 8.25. The highest BCUT2D eigenvalue weighted by Gasteiger charge is 2.51. The van der Waals surface area contributed by atoms with E-state index in [-0.39, 0.29) is 0 Å². The van der Waals surface area contributed by atoms with Gasteiger partial charge in [-0.3, -0.25) is 0 Å². The molecule has 4 aliphatic rings. The molecule has 0 aliphatic heterocycles. The van der Waals surface area contributed by atoms with Gasteiger partial charge in [0.05, 0.1) is 0 Å². The van der Waals surface area contributed by atoms with Gasteiger partial charge in [-0.15, -0.1) is 0 Å². The van der Waals surface area contributed by atoms with Gasteiger partial charge >= 0.3 is 0 Å². The van der Waals surface area contributed by atoms with E-state index in [1.54, 1.807) is 5.56 Å². The predicted molar refractivity (Wildman–Crippen MR) is 69.9 cm³/mol. The van der Waals surface area contributed by atoms with Crippen molar-refractivity contribution in [2.24, 2.45) is 17.8 Å². The molecule has 0 atom stereocenters. The summed E-state index contributed by atoms with van der Waals surface area (Å²) in [6.45, 7) is 2.28. The van der Waals surface area contributed by atoms with Crippen LogP contribution in [0.3, 0.4) is 0 Å². The summed E-state index contributed by atoms with van der Waals surface area (Å²) in [6, 6.07) is 9.91. The number of hydrogen-bond donors (Lipinski definition) is 0. The van der Waals surface area contributed by atoms with Crippen LogP contribution < -0.4 is 0 Å². The Morgan fingerprint density at radius 2 is 1.65 bits per heavy atom. The second-order valence-corrected chi connectivity index (χ2v) is 6.94. The number of aryl methyl sites for hydroxylation is 1. The molecule has 17 heavy (non-hydrogen) atoms. The molecule has 0 N–H and O–H groups in total. The van der Waals surface area contributed by atoms with Crippen molar-refractivity contribution in [3.05, 3.63) is 35.4 Å². The maximum absolute atomic E-state index is 3.23. The van der Waals surface area contributed by atoms with E-state index in [4.69, 9.17) is 0 Å². The summed E-state index contributed by atoms with van der Waals surface area (Å²) in [6.07, 6.45) is 9.04. The van der Waals surface area contributed by atoms with Crippen LogP contribution in [-0.2, 0) is 5.41 Å². The number of benzene rings is 1. The Morgan fingerprint density at radius 3 is 2.18 bits per heavy atom. The van der Waals surface area contributed by atoms with E-state index in [1.165, 1.54) is 44.1 Å². The van der Waals surface area contributed by atoms with Crippen LogP contribution >= 0.6 is 0 Å². The zero-order valence-electron chi connectivity index (χ0n) is 10.7. The first kappa shape index (κ1) is 10.2. The topological polar surface area (TPSA) is 0 Å². The van der Waals surface area contributed by atoms with Crippen LogP contribution in [-0.4, -0.2) is 0 Å². The number of hydrogen-bond acceptors (Lipinski definition) is 0. The van der Waals surface area contributed by atoms with E-state index in [9.17, 15) is 0 Å². The highest BCUT2D eigenvalue weighted by atomic mass is 14.6. The van der Waals surface area contributed by atoms with Gasteiger partial charge in [0.25, 0.3) is 0 Å². The quantitative estimate of drug-likeness (QED) is 0.670. The van der Waals surface area contributed by atoms with Gasteiger partial charge in [-0.2, -0.15) is 0 Å². The van der Waals surface area contributed by atoms with E-state index in [2.05, 4.69) is 31.2 Å². The predicted octanol–water partition coefficient (Wildman–Crippen LogP) is 4.26. The lowest BCUT2D eigenvalue weighted by Gasteiger charge is -2.57. The van der Waals surface area contributed by atoms with Gasteiger partial charge < -0.3 is 0 Å². The highest BCUT2D eigenvalue weighted by Crippen LogP contribution is 2.61. The molecule has 1 aromatic rings. The first-order valence-electron chi connectivity index (χ1n) is 7.22. The molecule has 0 amide bonds. The minimum Gasteiger partial charge on any atom is -0.0576 e. The SMILES string of the molecule is Cc1c[c]ccc1C12CC3CC(CC(C3)C1)C2. The third-order valence-electron chi connectivity index (χ3n) is 5.68. The van der Waals surface area contributed by atoms with Gasteiger partial charge in [0.1, 0.15) is 0 Å². The highest BCUT2D eigenvalue weighted by molar-refractivity contribution is 5.35. The van der Waals surface area contributed by atoms with Crippen LogP contribution in [0, 0.1) is 30.7 Å². The standard InChI is InChI=1S/C17H21/c1-12-4-2-3-5-16(12)17-9-13-6-14(10-17)8-15(7-13)11-17/h3-5,13-15H,6-11H2,1H3. The minimum absolute atomic E-state index is 0.563. The molecule has 1 aromatic carbocycles. The molecule has 4 saturated carbocycles. The Hall–Kier alpha value is -0.780. The fourth-order valence-corrected chi connectivity index (χ4v) is 5.55. The molecule has 4 aliphatic carbocycles. The van der Waals surface area contributed by atoms with Gasteiger partial charge in [0.2, 0.25) is 0 Å². The molecular weight excluding hydrogens is 204 g/mol. The first-order valence-corrected chi connectivity index (χ1v) is 7.22. The van der Waals surface area contributed by atoms with Crippen molar-refractivity contribution in [2.45, 2.75) is 50.9 Å². The summed E-state index contributed by atoms with van der Waals surface area (Å²) in [5.74, 6) is 3.14. The minimum atomic E-state index is 0.563. The second-order valence-electron chi connectivity index (χ2n) is 6.94. The molecule has 4 fully saturated rings. The van der Waals surface area contributed by atoms with Crippen molar-refractivity contribution in [3.63, 3.8) is 0 Å². The summed E-state index contributed by atoms with van der Waals surface area (Å²) >= 11 is 0. The molecule has 0 saturated heterocycles. The molecule has 0 spiro atoms. The van der Waals surface area contributed by atoms with E-state index < -0.39 is 0 Å². The Labute approximate surface area is 104 Å². The van der Waals surface area contributed by atoms with Crippen LogP contribution in [0.4, 0.5) is 0 Å². The molecule has 0 heterocycles. The van der Waals surface area contributed by atoms with Gasteiger partial charge in [-0.1, -0.05) is 18.2 Å². The Kier molecular flexibility index (Phi) is 2.02. The van der Waals surface area contributed by atoms with Crippen molar-refractivity contribution < 1.29 is 0 Å². The maximum atomic E-state index is 3.23. The van der Waals surface area contributed by atoms with Crippen molar-refractivity contribution in [1.82, 2.24) is 0 Å². The Morgan fingerprint density at radius 1 is 1.06 bits per heavy atom. The second kappa shape index (κ2) is 3.37. The summed E-state index contributed by atoms with van der Waals surface area (Å²) in [5.41, 5.74) is 3.71. The smallest absolute Gasteiger partial charge is 0.00364 e. The zero-order valence-corrected chi connectivity index (χ0v) is 10.7. The van der Waals surface area contributed by atoms with E-state index >= 15 is 0 Å². The molecule has 89 valence electrons. The lowest BCUT2D eigenvalue weighted by molar-refractivity contribution is -0.00546. The van der Waals surface area contributed by atoms with Crippen molar-refractivity contribution in [3.8, 4) is 0 Å². The Bertz CT molecular complexity index is 408. The molecule has 1 radical (unpaired) electrons. The van der Waals surface area contributed by atoms with Crippen molar-refractivity contribution >= 4 is 0 Å². The fourth-order valence-electron chi connectivity index (χ4n) is 5.55. The maximum Gasteiger partial charge on any atom is -0.00364 e. The third kappa shape index (κ3) is 1.42. The van der Waals surface area contributed by atoms with Crippen molar-refractivity contribution in [1.29, 1.82) is 0 Å². The summed E-state index contributed by atoms with van der Waals surface area (Å²) < 4.78 is 0. The van der Waals surface area contributed by atoms with Crippen LogP contribution in [0.25, 0.3) is 0 Å². The molecule has 0 unspecified atom stereocenters. The van der Waals surface area contributed by atoms with Crippen LogP contribution in [0.2, 0.25) is 0 Å². The van der Waals surface area contributed by atoms with Gasteiger partial charge in [-0.05, 0) is 85.8 Å². The largest absolute Gasteiger partial charge is 0.0576 e. The zero-order chi connectivity index (χ0) is 11.5. The summed E-state index contributed by atoms with van der Waals surface area (Å²) in [5, 5.41) is 0. The monoisotopic (exact) mass is 225 g/mol. The van der Waals surface area contributed by atoms with Gasteiger partial charge in [0, 0.05) is 0 Å². The van der Waals surface area contributed by atoms with E-state index in [0.29, 0.717) is 5.41 Å². The van der Waals surface area contributed by atoms with E-state index in [0.717, 1.165) is 17.8 Å². The Balaban J connectivity index is 1.80. The molecular formula is C17H21. The molecule has 0 nitrogen and oxygen atoms in total. The van der Waals surface area contributed by atoms with Crippen LogP contribution in [0.5, 0.6) is 0 Å². The van der Waals surface area contributed by atoms with Crippen LogP contribution in [0.1, 0.15) is 49.7 Å². The fraction of sp³-hybridized carbons (Fsp3) is 0.647. The third-order valence-corrected chi connectivity index (χ3v) is 5.68. The average molecular weight is 225 g/mol. The lowest BCUT2D eigenvalue weighted by Crippen LogP contribution is -2.48. The molecule has 0 heteroatoms. The van der Waals surface area contributed by atoms with E-state index in [1.807, 2.05) is 0 Å². The van der Waals surface area contributed by atoms with Gasteiger partial charge in [-0.25, -0.2) is 0 Å².